The molecule has 3 nitrogen and oxygen atoms in total. The molecular weight excluding hydrogens is 330 g/mol. The van der Waals surface area contributed by atoms with Gasteiger partial charge in [-0.25, -0.2) is 9.98 Å². The van der Waals surface area contributed by atoms with E-state index in [4.69, 9.17) is 46.4 Å². The van der Waals surface area contributed by atoms with Crippen LogP contribution in [0.3, 0.4) is 0 Å². The van der Waals surface area contributed by atoms with E-state index in [1.165, 1.54) is 30.6 Å². The molecule has 0 saturated carbocycles. The molecule has 0 atom stereocenters. The SMILES string of the molecule is Oc1c(Cl)cc(Cl)cc1/C=N/c1ncc(Cl)cc1Cl. The van der Waals surface area contributed by atoms with Crippen molar-refractivity contribution in [2.24, 2.45) is 4.99 Å². The first-order valence-electron chi connectivity index (χ1n) is 5.00. The number of nitrogens with zero attached hydrogens (tertiary/aromatic N) is 2. The van der Waals surface area contributed by atoms with E-state index in [1.54, 1.807) is 0 Å². The Morgan fingerprint density at radius 3 is 2.37 bits per heavy atom. The van der Waals surface area contributed by atoms with Gasteiger partial charge in [-0.3, -0.25) is 0 Å². The number of aliphatic imine (C=N–C) groups is 1. The second-order valence-corrected chi connectivity index (χ2v) is 5.23. The number of pyridine rings is 1. The van der Waals surface area contributed by atoms with Crippen LogP contribution in [-0.4, -0.2) is 16.3 Å². The van der Waals surface area contributed by atoms with Gasteiger partial charge in [-0.05, 0) is 18.2 Å². The molecule has 0 spiro atoms. The number of hydrogen-bond donors (Lipinski definition) is 1. The highest BCUT2D eigenvalue weighted by atomic mass is 35.5. The van der Waals surface area contributed by atoms with Crippen LogP contribution in [-0.2, 0) is 0 Å². The molecule has 0 fully saturated rings. The van der Waals surface area contributed by atoms with E-state index < -0.39 is 0 Å². The van der Waals surface area contributed by atoms with Crippen molar-refractivity contribution in [2.45, 2.75) is 0 Å². The molecule has 0 aliphatic carbocycles. The van der Waals surface area contributed by atoms with E-state index in [-0.39, 0.29) is 16.6 Å². The third-order valence-electron chi connectivity index (χ3n) is 2.17. The zero-order valence-electron chi connectivity index (χ0n) is 9.24. The van der Waals surface area contributed by atoms with Crippen molar-refractivity contribution in [1.82, 2.24) is 4.98 Å². The summed E-state index contributed by atoms with van der Waals surface area (Å²) in [4.78, 5) is 8.01. The van der Waals surface area contributed by atoms with Crippen molar-refractivity contribution in [2.75, 3.05) is 0 Å². The zero-order chi connectivity index (χ0) is 14.0. The van der Waals surface area contributed by atoms with Crippen molar-refractivity contribution in [3.05, 3.63) is 50.0 Å². The lowest BCUT2D eigenvalue weighted by molar-refractivity contribution is 0.475. The van der Waals surface area contributed by atoms with Crippen molar-refractivity contribution in [3.8, 4) is 5.75 Å². The number of phenols is 1. The number of aromatic hydroxyl groups is 1. The molecule has 1 aromatic heterocycles. The first-order chi connectivity index (χ1) is 8.97. The van der Waals surface area contributed by atoms with E-state index in [0.29, 0.717) is 20.6 Å². The molecule has 2 rings (SSSR count). The molecule has 19 heavy (non-hydrogen) atoms. The van der Waals surface area contributed by atoms with E-state index in [9.17, 15) is 5.11 Å². The van der Waals surface area contributed by atoms with E-state index in [0.717, 1.165) is 0 Å². The number of rotatable bonds is 2. The Hall–Kier alpha value is -1.000. The predicted molar refractivity (Wildman–Crippen MR) is 79.6 cm³/mol. The Balaban J connectivity index is 2.38. The Morgan fingerprint density at radius 1 is 1.00 bits per heavy atom. The molecule has 98 valence electrons. The molecule has 0 radical (unpaired) electrons. The standard InChI is InChI=1S/C12H6Cl4N2O/c13-7-1-6(11(19)9(15)2-7)4-17-12-10(16)3-8(14)5-18-12/h1-5,19H/b17-4+. The Bertz CT molecular complexity index is 658. The Morgan fingerprint density at radius 2 is 1.68 bits per heavy atom. The lowest BCUT2D eigenvalue weighted by Gasteiger charge is -2.02. The lowest BCUT2D eigenvalue weighted by atomic mass is 10.2. The minimum atomic E-state index is -0.111. The average molecular weight is 336 g/mol. The summed E-state index contributed by atoms with van der Waals surface area (Å²) in [6, 6.07) is 4.48. The van der Waals surface area contributed by atoms with Gasteiger partial charge in [-0.1, -0.05) is 46.4 Å². The second kappa shape index (κ2) is 5.97. The van der Waals surface area contributed by atoms with Gasteiger partial charge in [0.15, 0.2) is 5.82 Å². The molecule has 0 unspecified atom stereocenters. The first kappa shape index (κ1) is 14.4. The summed E-state index contributed by atoms with van der Waals surface area (Å²) in [6.07, 6.45) is 2.79. The zero-order valence-corrected chi connectivity index (χ0v) is 12.3. The highest BCUT2D eigenvalue weighted by Gasteiger charge is 2.07. The molecule has 0 bridgehead atoms. The summed E-state index contributed by atoms with van der Waals surface area (Å²) < 4.78 is 0. The van der Waals surface area contributed by atoms with Crippen LogP contribution in [0.25, 0.3) is 0 Å². The van der Waals surface area contributed by atoms with Gasteiger partial charge < -0.3 is 5.11 Å². The number of halogens is 4. The van der Waals surface area contributed by atoms with Crippen molar-refractivity contribution < 1.29 is 5.11 Å². The molecule has 0 aliphatic heterocycles. The molecule has 7 heteroatoms. The van der Waals surface area contributed by atoms with Crippen LogP contribution in [0.5, 0.6) is 5.75 Å². The number of aromatic nitrogens is 1. The predicted octanol–water partition coefficient (Wildman–Crippen LogP) is 5.15. The van der Waals surface area contributed by atoms with Crippen LogP contribution >= 0.6 is 46.4 Å². The molecule has 0 saturated heterocycles. The van der Waals surface area contributed by atoms with Crippen molar-refractivity contribution >= 4 is 58.4 Å². The third-order valence-corrected chi connectivity index (χ3v) is 3.16. The van der Waals surface area contributed by atoms with Gasteiger partial charge in [0.25, 0.3) is 0 Å². The van der Waals surface area contributed by atoms with Gasteiger partial charge in [0.05, 0.1) is 15.1 Å². The van der Waals surface area contributed by atoms with Crippen molar-refractivity contribution in [1.29, 1.82) is 0 Å². The molecule has 1 heterocycles. The highest BCUT2D eigenvalue weighted by molar-refractivity contribution is 6.36. The van der Waals surface area contributed by atoms with Gasteiger partial charge in [0, 0.05) is 23.0 Å². The van der Waals surface area contributed by atoms with Gasteiger partial charge in [0.1, 0.15) is 5.75 Å². The monoisotopic (exact) mass is 334 g/mol. The molecule has 1 N–H and O–H groups in total. The van der Waals surface area contributed by atoms with Gasteiger partial charge in [-0.15, -0.1) is 0 Å². The topological polar surface area (TPSA) is 45.5 Å². The average Bonchev–Trinajstić information content (AvgIpc) is 2.33. The third kappa shape index (κ3) is 3.51. The lowest BCUT2D eigenvalue weighted by Crippen LogP contribution is -1.85. The van der Waals surface area contributed by atoms with E-state index in [1.807, 2.05) is 0 Å². The second-order valence-electron chi connectivity index (χ2n) is 3.54. The van der Waals surface area contributed by atoms with Crippen molar-refractivity contribution in [3.63, 3.8) is 0 Å². The fourth-order valence-electron chi connectivity index (χ4n) is 1.32. The fourth-order valence-corrected chi connectivity index (χ4v) is 2.26. The highest BCUT2D eigenvalue weighted by Crippen LogP contribution is 2.31. The normalized spacial score (nSPS) is 11.2. The smallest absolute Gasteiger partial charge is 0.170 e. The minimum absolute atomic E-state index is 0.111. The Labute approximate surface area is 129 Å². The minimum Gasteiger partial charge on any atom is -0.506 e. The summed E-state index contributed by atoms with van der Waals surface area (Å²) >= 11 is 23.3. The maximum Gasteiger partial charge on any atom is 0.170 e. The van der Waals surface area contributed by atoms with Gasteiger partial charge in [0.2, 0.25) is 0 Å². The molecule has 1 aromatic carbocycles. The van der Waals surface area contributed by atoms with Gasteiger partial charge in [-0.2, -0.15) is 0 Å². The first-order valence-corrected chi connectivity index (χ1v) is 6.51. The summed E-state index contributed by atoms with van der Waals surface area (Å²) in [6.45, 7) is 0. The number of phenolic OH excluding ortho intramolecular Hbond substituents is 1. The fraction of sp³-hybridized carbons (Fsp3) is 0. The summed E-state index contributed by atoms with van der Waals surface area (Å²) in [7, 11) is 0. The maximum absolute atomic E-state index is 9.76. The molecule has 0 aliphatic rings. The summed E-state index contributed by atoms with van der Waals surface area (Å²) in [5.41, 5.74) is 0.366. The molecule has 0 amide bonds. The summed E-state index contributed by atoms with van der Waals surface area (Å²) in [5, 5.41) is 11.0. The number of benzene rings is 1. The quantitative estimate of drug-likeness (QED) is 0.771. The number of hydrogen-bond acceptors (Lipinski definition) is 3. The van der Waals surface area contributed by atoms with Crippen LogP contribution in [0.15, 0.2) is 29.4 Å². The molecular formula is C12H6Cl4N2O. The van der Waals surface area contributed by atoms with Crippen LogP contribution in [0.2, 0.25) is 20.1 Å². The van der Waals surface area contributed by atoms with Crippen LogP contribution < -0.4 is 0 Å². The maximum atomic E-state index is 9.76. The Kier molecular flexibility index (Phi) is 4.53. The van der Waals surface area contributed by atoms with E-state index in [2.05, 4.69) is 9.98 Å². The molecule has 2 aromatic rings. The van der Waals surface area contributed by atoms with Crippen LogP contribution in [0, 0.1) is 0 Å². The van der Waals surface area contributed by atoms with Crippen LogP contribution in [0.4, 0.5) is 5.82 Å². The van der Waals surface area contributed by atoms with E-state index >= 15 is 0 Å². The van der Waals surface area contributed by atoms with Crippen LogP contribution in [0.1, 0.15) is 5.56 Å². The van der Waals surface area contributed by atoms with Gasteiger partial charge >= 0.3 is 0 Å². The summed E-state index contributed by atoms with van der Waals surface area (Å²) in [5.74, 6) is 0.168. The largest absolute Gasteiger partial charge is 0.506 e.